The molecule has 0 spiro atoms. The number of carbonyl (C=O) groups excluding carboxylic acids is 3. The van der Waals surface area contributed by atoms with E-state index in [0.717, 1.165) is 10.5 Å². The van der Waals surface area contributed by atoms with Crippen LogP contribution in [-0.2, 0) is 14.4 Å². The smallest absolute Gasteiger partial charge is 0.387 e. The van der Waals surface area contributed by atoms with E-state index >= 15 is 0 Å². The number of halogens is 2. The number of carbonyl (C=O) groups is 3. The largest absolute Gasteiger partial charge is 0.435 e. The molecule has 0 bridgehead atoms. The van der Waals surface area contributed by atoms with Crippen LogP contribution in [0.15, 0.2) is 66.7 Å². The average molecular weight is 440 g/mol. The second kappa shape index (κ2) is 9.30. The number of rotatable bonds is 7. The molecule has 3 amide bonds. The zero-order chi connectivity index (χ0) is 22.7. The van der Waals surface area contributed by atoms with Gasteiger partial charge in [0, 0.05) is 0 Å². The van der Waals surface area contributed by atoms with E-state index in [1.807, 2.05) is 42.5 Å². The molecule has 32 heavy (non-hydrogen) atoms. The minimum Gasteiger partial charge on any atom is -0.435 e. The molecule has 2 aromatic carbocycles. The fraction of sp³-hybridized carbons (Fsp3) is 0.292. The summed E-state index contributed by atoms with van der Waals surface area (Å²) in [5.74, 6) is -1.90. The maximum Gasteiger partial charge on any atom is 0.387 e. The fourth-order valence-electron chi connectivity index (χ4n) is 4.22. The number of likely N-dealkylation sites (tertiary alicyclic amines) is 1. The monoisotopic (exact) mass is 440 g/mol. The third kappa shape index (κ3) is 4.54. The first-order valence-corrected chi connectivity index (χ1v) is 10.3. The lowest BCUT2D eigenvalue weighted by atomic mass is 9.85. The highest BCUT2D eigenvalue weighted by Gasteiger charge is 2.47. The van der Waals surface area contributed by atoms with Crippen molar-refractivity contribution in [2.24, 2.45) is 11.8 Å². The third-order valence-corrected chi connectivity index (χ3v) is 5.78. The lowest BCUT2D eigenvalue weighted by Gasteiger charge is -2.22. The van der Waals surface area contributed by atoms with E-state index in [9.17, 15) is 23.2 Å². The number of amides is 3. The van der Waals surface area contributed by atoms with Gasteiger partial charge in [-0.25, -0.2) is 0 Å². The Bertz CT molecular complexity index is 998. The summed E-state index contributed by atoms with van der Waals surface area (Å²) >= 11 is 0. The van der Waals surface area contributed by atoms with Crippen molar-refractivity contribution in [2.45, 2.75) is 25.5 Å². The molecule has 1 saturated heterocycles. The summed E-state index contributed by atoms with van der Waals surface area (Å²) in [7, 11) is 0. The summed E-state index contributed by atoms with van der Waals surface area (Å²) in [4.78, 5) is 39.2. The van der Waals surface area contributed by atoms with Crippen molar-refractivity contribution in [2.75, 3.05) is 6.54 Å². The predicted octanol–water partition coefficient (Wildman–Crippen LogP) is 3.44. The maximum atomic E-state index is 12.9. The van der Waals surface area contributed by atoms with Crippen molar-refractivity contribution < 1.29 is 27.9 Å². The minimum absolute atomic E-state index is 0.00589. The topological polar surface area (TPSA) is 75.7 Å². The molecule has 0 radical (unpaired) electrons. The van der Waals surface area contributed by atoms with Crippen LogP contribution in [0, 0.1) is 11.8 Å². The predicted molar refractivity (Wildman–Crippen MR) is 112 cm³/mol. The summed E-state index contributed by atoms with van der Waals surface area (Å²) in [6.07, 6.45) is 4.80. The first-order valence-electron chi connectivity index (χ1n) is 10.3. The molecule has 1 N–H and O–H groups in total. The van der Waals surface area contributed by atoms with E-state index in [0.29, 0.717) is 18.4 Å². The Morgan fingerprint density at radius 3 is 2.06 bits per heavy atom. The van der Waals surface area contributed by atoms with Crippen LogP contribution in [0.2, 0.25) is 0 Å². The minimum atomic E-state index is -2.93. The maximum absolute atomic E-state index is 12.9. The quantitative estimate of drug-likeness (QED) is 0.529. The Kier molecular flexibility index (Phi) is 6.30. The second-order valence-corrected chi connectivity index (χ2v) is 7.78. The lowest BCUT2D eigenvalue weighted by molar-refractivity contribution is -0.143. The van der Waals surface area contributed by atoms with Crippen LogP contribution in [0.1, 0.15) is 30.0 Å². The molecule has 1 aliphatic carbocycles. The van der Waals surface area contributed by atoms with E-state index < -0.39 is 30.4 Å². The fourth-order valence-corrected chi connectivity index (χ4v) is 4.22. The van der Waals surface area contributed by atoms with Gasteiger partial charge in [-0.3, -0.25) is 19.3 Å². The highest BCUT2D eigenvalue weighted by atomic mass is 19.3. The van der Waals surface area contributed by atoms with Crippen molar-refractivity contribution in [3.05, 3.63) is 77.9 Å². The van der Waals surface area contributed by atoms with Crippen LogP contribution in [-0.4, -0.2) is 35.8 Å². The molecule has 3 atom stereocenters. The number of hydrogen-bond acceptors (Lipinski definition) is 4. The molecule has 1 aliphatic heterocycles. The van der Waals surface area contributed by atoms with Crippen LogP contribution in [0.5, 0.6) is 5.75 Å². The molecule has 2 aromatic rings. The van der Waals surface area contributed by atoms with Crippen LogP contribution in [0.3, 0.4) is 0 Å². The SMILES string of the molecule is O=C(CN1C(=O)C2CC=CCC2C1=O)NC(c1ccccc1)c1ccc(OC(F)F)cc1. The molecule has 3 unspecified atom stereocenters. The molecule has 0 saturated carbocycles. The average Bonchev–Trinajstić information content (AvgIpc) is 3.03. The van der Waals surface area contributed by atoms with Gasteiger partial charge in [0.05, 0.1) is 17.9 Å². The number of alkyl halides is 2. The summed E-state index contributed by atoms with van der Waals surface area (Å²) in [5.41, 5.74) is 1.41. The van der Waals surface area contributed by atoms with Gasteiger partial charge in [0.2, 0.25) is 17.7 Å². The lowest BCUT2D eigenvalue weighted by Crippen LogP contribution is -2.42. The van der Waals surface area contributed by atoms with Gasteiger partial charge in [0.1, 0.15) is 12.3 Å². The molecular weight excluding hydrogens is 418 g/mol. The Balaban J connectivity index is 1.51. The number of hydrogen-bond donors (Lipinski definition) is 1. The Labute approximate surface area is 183 Å². The van der Waals surface area contributed by atoms with Gasteiger partial charge < -0.3 is 10.1 Å². The van der Waals surface area contributed by atoms with E-state index in [1.165, 1.54) is 12.1 Å². The Morgan fingerprint density at radius 1 is 0.938 bits per heavy atom. The molecular formula is C24H22F2N2O4. The van der Waals surface area contributed by atoms with Crippen LogP contribution in [0.25, 0.3) is 0 Å². The van der Waals surface area contributed by atoms with Gasteiger partial charge in [-0.2, -0.15) is 8.78 Å². The normalized spacial score (nSPS) is 20.9. The van der Waals surface area contributed by atoms with Gasteiger partial charge in [0.25, 0.3) is 0 Å². The first-order chi connectivity index (χ1) is 15.4. The number of ether oxygens (including phenoxy) is 1. The summed E-state index contributed by atoms with van der Waals surface area (Å²) < 4.78 is 29.3. The van der Waals surface area contributed by atoms with Gasteiger partial charge >= 0.3 is 6.61 Å². The number of nitrogens with zero attached hydrogens (tertiary/aromatic N) is 1. The van der Waals surface area contributed by atoms with Gasteiger partial charge in [-0.1, -0.05) is 54.6 Å². The van der Waals surface area contributed by atoms with Crippen molar-refractivity contribution in [3.8, 4) is 5.75 Å². The zero-order valence-corrected chi connectivity index (χ0v) is 17.1. The standard InChI is InChI=1S/C24H22F2N2O4/c25-24(26)32-17-12-10-16(11-13-17)21(15-6-2-1-3-7-15)27-20(29)14-28-22(30)18-8-4-5-9-19(18)23(28)31/h1-7,10-13,18-19,21,24H,8-9,14H2,(H,27,29). The summed E-state index contributed by atoms with van der Waals surface area (Å²) in [6.45, 7) is -3.29. The van der Waals surface area contributed by atoms with E-state index in [2.05, 4.69) is 10.1 Å². The molecule has 0 aromatic heterocycles. The molecule has 6 nitrogen and oxygen atoms in total. The Hall–Kier alpha value is -3.55. The summed E-state index contributed by atoms with van der Waals surface area (Å²) in [5, 5.41) is 2.87. The number of imide groups is 1. The number of allylic oxidation sites excluding steroid dienone is 2. The van der Waals surface area contributed by atoms with Crippen LogP contribution >= 0.6 is 0 Å². The van der Waals surface area contributed by atoms with Crippen LogP contribution < -0.4 is 10.1 Å². The molecule has 166 valence electrons. The van der Waals surface area contributed by atoms with Gasteiger partial charge in [-0.15, -0.1) is 0 Å². The van der Waals surface area contributed by atoms with Crippen molar-refractivity contribution in [3.63, 3.8) is 0 Å². The molecule has 1 heterocycles. The van der Waals surface area contributed by atoms with Gasteiger partial charge in [0.15, 0.2) is 0 Å². The highest BCUT2D eigenvalue weighted by Crippen LogP contribution is 2.35. The number of fused-ring (bicyclic) bond motifs is 1. The zero-order valence-electron chi connectivity index (χ0n) is 17.1. The second-order valence-electron chi connectivity index (χ2n) is 7.78. The van der Waals surface area contributed by atoms with E-state index in [1.54, 1.807) is 12.1 Å². The van der Waals surface area contributed by atoms with Crippen LogP contribution in [0.4, 0.5) is 8.78 Å². The molecule has 1 fully saturated rings. The molecule has 2 aliphatic rings. The number of benzene rings is 2. The molecule has 8 heteroatoms. The number of nitrogens with one attached hydrogen (secondary N) is 1. The van der Waals surface area contributed by atoms with Gasteiger partial charge in [-0.05, 0) is 36.1 Å². The Morgan fingerprint density at radius 2 is 1.50 bits per heavy atom. The van der Waals surface area contributed by atoms with Crippen molar-refractivity contribution in [1.29, 1.82) is 0 Å². The summed E-state index contributed by atoms with van der Waals surface area (Å²) in [6, 6.07) is 14.5. The molecule has 4 rings (SSSR count). The highest BCUT2D eigenvalue weighted by molar-refractivity contribution is 6.07. The van der Waals surface area contributed by atoms with E-state index in [-0.39, 0.29) is 24.1 Å². The first kappa shape index (κ1) is 21.7. The van der Waals surface area contributed by atoms with Crippen molar-refractivity contribution >= 4 is 17.7 Å². The van der Waals surface area contributed by atoms with Crippen molar-refractivity contribution in [1.82, 2.24) is 10.2 Å². The third-order valence-electron chi connectivity index (χ3n) is 5.78. The van der Waals surface area contributed by atoms with E-state index in [4.69, 9.17) is 0 Å².